The summed E-state index contributed by atoms with van der Waals surface area (Å²) in [5.41, 5.74) is 6.65. The number of ether oxygens (including phenoxy) is 1. The van der Waals surface area contributed by atoms with E-state index in [1.165, 1.54) is 0 Å². The van der Waals surface area contributed by atoms with Gasteiger partial charge in [0.2, 0.25) is 5.82 Å². The number of amides is 1. The summed E-state index contributed by atoms with van der Waals surface area (Å²) in [7, 11) is 0. The van der Waals surface area contributed by atoms with E-state index in [0.717, 1.165) is 33.5 Å². The summed E-state index contributed by atoms with van der Waals surface area (Å²) in [4.78, 5) is 18.0. The predicted molar refractivity (Wildman–Crippen MR) is 149 cm³/mol. The highest BCUT2D eigenvalue weighted by Crippen LogP contribution is 2.31. The van der Waals surface area contributed by atoms with Crippen molar-refractivity contribution in [1.82, 2.24) is 30.2 Å². The van der Waals surface area contributed by atoms with Crippen molar-refractivity contribution in [1.29, 1.82) is 0 Å². The number of tetrazole rings is 1. The van der Waals surface area contributed by atoms with Gasteiger partial charge in [0.1, 0.15) is 0 Å². The Morgan fingerprint density at radius 2 is 1.67 bits per heavy atom. The molecule has 9 nitrogen and oxygen atoms in total. The molecule has 6 rings (SSSR count). The second-order valence-electron chi connectivity index (χ2n) is 8.88. The maximum absolute atomic E-state index is 13.3. The van der Waals surface area contributed by atoms with Crippen molar-refractivity contribution in [3.8, 4) is 28.5 Å². The number of benzene rings is 4. The highest BCUT2D eigenvalue weighted by atomic mass is 16.5. The van der Waals surface area contributed by atoms with Crippen LogP contribution in [0.3, 0.4) is 0 Å². The van der Waals surface area contributed by atoms with Crippen LogP contribution in [-0.4, -0.2) is 42.7 Å². The number of rotatable bonds is 8. The lowest BCUT2D eigenvalue weighted by atomic mass is 9.98. The number of carbonyl (C=O) groups is 1. The van der Waals surface area contributed by atoms with Gasteiger partial charge in [-0.05, 0) is 53.1 Å². The lowest BCUT2D eigenvalue weighted by molar-refractivity contribution is 0.102. The molecular formula is C30H25N7O2. The number of hydrogen-bond acceptors (Lipinski definition) is 6. The van der Waals surface area contributed by atoms with E-state index in [9.17, 15) is 4.79 Å². The number of fused-ring (bicyclic) bond motifs is 1. The van der Waals surface area contributed by atoms with E-state index >= 15 is 0 Å². The minimum atomic E-state index is -0.204. The molecule has 0 bridgehead atoms. The van der Waals surface area contributed by atoms with Crippen LogP contribution in [0.2, 0.25) is 0 Å². The van der Waals surface area contributed by atoms with E-state index in [4.69, 9.17) is 9.72 Å². The molecule has 0 aliphatic heterocycles. The number of imidazole rings is 1. The summed E-state index contributed by atoms with van der Waals surface area (Å²) in [6, 6.07) is 31.6. The molecule has 1 amide bonds. The van der Waals surface area contributed by atoms with Gasteiger partial charge in [0.05, 0.1) is 29.7 Å². The smallest absolute Gasteiger partial charge is 0.297 e. The fraction of sp³-hybridized carbons (Fsp3) is 0.100. The minimum absolute atomic E-state index is 0.204. The van der Waals surface area contributed by atoms with Crippen molar-refractivity contribution < 1.29 is 9.53 Å². The van der Waals surface area contributed by atoms with Gasteiger partial charge >= 0.3 is 0 Å². The second-order valence-corrected chi connectivity index (χ2v) is 8.88. The van der Waals surface area contributed by atoms with Crippen LogP contribution >= 0.6 is 0 Å². The van der Waals surface area contributed by atoms with E-state index in [1.807, 2.05) is 84.3 Å². The zero-order chi connectivity index (χ0) is 26.6. The summed E-state index contributed by atoms with van der Waals surface area (Å²) < 4.78 is 7.85. The van der Waals surface area contributed by atoms with Crippen LogP contribution in [0.1, 0.15) is 22.8 Å². The molecule has 0 unspecified atom stereocenters. The van der Waals surface area contributed by atoms with Crippen LogP contribution in [0.5, 0.6) is 6.01 Å². The highest BCUT2D eigenvalue weighted by Gasteiger charge is 2.20. The summed E-state index contributed by atoms with van der Waals surface area (Å²) >= 11 is 0. The molecule has 4 aromatic carbocycles. The van der Waals surface area contributed by atoms with Crippen LogP contribution in [-0.2, 0) is 6.54 Å². The number of hydrogen-bond donors (Lipinski definition) is 2. The molecule has 0 aliphatic carbocycles. The molecule has 6 aromatic rings. The van der Waals surface area contributed by atoms with Crippen LogP contribution in [0.4, 0.5) is 5.69 Å². The van der Waals surface area contributed by atoms with Gasteiger partial charge in [-0.15, -0.1) is 10.2 Å². The van der Waals surface area contributed by atoms with E-state index in [-0.39, 0.29) is 5.91 Å². The standard InChI is InChI=1S/C30H25N7O2/c1-2-39-30-32-26-14-8-13-25(29(38)31-22-9-4-3-5-10-22)27(26)37(30)19-20-15-17-21(18-16-20)23-11-6-7-12-24(23)28-33-35-36-34-28/h3-18H,2,19H2,1H3,(H,31,38)(H,33,34,35,36). The molecule has 0 spiro atoms. The first kappa shape index (κ1) is 24.1. The summed E-state index contributed by atoms with van der Waals surface area (Å²) in [6.45, 7) is 2.86. The van der Waals surface area contributed by atoms with Crippen LogP contribution in [0.15, 0.2) is 97.1 Å². The summed E-state index contributed by atoms with van der Waals surface area (Å²) in [5.74, 6) is 0.339. The Morgan fingerprint density at radius 3 is 2.41 bits per heavy atom. The van der Waals surface area contributed by atoms with Gasteiger partial charge in [0.25, 0.3) is 11.9 Å². The number of carbonyl (C=O) groups excluding carboxylic acids is 1. The van der Waals surface area contributed by atoms with Gasteiger partial charge in [-0.25, -0.2) is 0 Å². The minimum Gasteiger partial charge on any atom is -0.465 e. The van der Waals surface area contributed by atoms with Crippen LogP contribution in [0.25, 0.3) is 33.5 Å². The molecule has 0 aliphatic rings. The van der Waals surface area contributed by atoms with Crippen molar-refractivity contribution in [2.75, 3.05) is 11.9 Å². The van der Waals surface area contributed by atoms with E-state index in [1.54, 1.807) is 0 Å². The summed E-state index contributed by atoms with van der Waals surface area (Å²) in [5, 5.41) is 17.5. The van der Waals surface area contributed by atoms with Crippen molar-refractivity contribution >= 4 is 22.6 Å². The van der Waals surface area contributed by atoms with Crippen molar-refractivity contribution in [3.05, 3.63) is 108 Å². The molecular weight excluding hydrogens is 490 g/mol. The molecule has 2 aromatic heterocycles. The maximum Gasteiger partial charge on any atom is 0.297 e. The molecule has 9 heteroatoms. The Morgan fingerprint density at radius 1 is 0.897 bits per heavy atom. The molecule has 0 radical (unpaired) electrons. The van der Waals surface area contributed by atoms with Gasteiger partial charge in [-0.2, -0.15) is 10.2 Å². The number of anilines is 1. The fourth-order valence-electron chi connectivity index (χ4n) is 4.63. The quantitative estimate of drug-likeness (QED) is 0.274. The van der Waals surface area contributed by atoms with Crippen molar-refractivity contribution in [2.45, 2.75) is 13.5 Å². The molecule has 192 valence electrons. The van der Waals surface area contributed by atoms with Crippen molar-refractivity contribution in [3.63, 3.8) is 0 Å². The average Bonchev–Trinajstić information content (AvgIpc) is 3.63. The molecule has 39 heavy (non-hydrogen) atoms. The first-order valence-electron chi connectivity index (χ1n) is 12.6. The Labute approximate surface area is 224 Å². The average molecular weight is 516 g/mol. The monoisotopic (exact) mass is 515 g/mol. The van der Waals surface area contributed by atoms with E-state index in [2.05, 4.69) is 50.2 Å². The topological polar surface area (TPSA) is 111 Å². The van der Waals surface area contributed by atoms with Crippen molar-refractivity contribution in [2.24, 2.45) is 0 Å². The fourth-order valence-corrected chi connectivity index (χ4v) is 4.63. The Balaban J connectivity index is 1.35. The first-order chi connectivity index (χ1) is 19.2. The Bertz CT molecular complexity index is 1730. The molecule has 0 atom stereocenters. The number of nitrogens with one attached hydrogen (secondary N) is 2. The number of aromatic amines is 1. The number of nitrogens with zero attached hydrogens (tertiary/aromatic N) is 5. The molecule has 0 fully saturated rings. The lowest BCUT2D eigenvalue weighted by Crippen LogP contribution is -2.14. The van der Waals surface area contributed by atoms with Crippen LogP contribution < -0.4 is 10.1 Å². The van der Waals surface area contributed by atoms with Crippen LogP contribution in [0, 0.1) is 0 Å². The predicted octanol–water partition coefficient (Wildman–Crippen LogP) is 5.58. The van der Waals surface area contributed by atoms with Gasteiger partial charge in [-0.1, -0.05) is 72.8 Å². The van der Waals surface area contributed by atoms with Gasteiger partial charge in [0.15, 0.2) is 0 Å². The third-order valence-corrected chi connectivity index (χ3v) is 6.40. The van der Waals surface area contributed by atoms with Gasteiger partial charge in [0, 0.05) is 11.3 Å². The molecule has 2 N–H and O–H groups in total. The maximum atomic E-state index is 13.3. The molecule has 0 saturated carbocycles. The SMILES string of the molecule is CCOc1nc2cccc(C(=O)Nc3ccccc3)c2n1Cc1ccc(-c2ccccc2-c2nn[nH]n2)cc1. The third-order valence-electron chi connectivity index (χ3n) is 6.40. The molecule has 0 saturated heterocycles. The Kier molecular flexibility index (Phi) is 6.53. The number of para-hydroxylation sites is 2. The lowest BCUT2D eigenvalue weighted by Gasteiger charge is -2.13. The third kappa shape index (κ3) is 4.85. The Hall–Kier alpha value is -5.31. The van der Waals surface area contributed by atoms with Gasteiger partial charge in [-0.3, -0.25) is 9.36 Å². The first-order valence-corrected chi connectivity index (χ1v) is 12.6. The number of aromatic nitrogens is 6. The number of H-pyrrole nitrogens is 1. The van der Waals surface area contributed by atoms with E-state index in [0.29, 0.717) is 36.1 Å². The highest BCUT2D eigenvalue weighted by molar-refractivity contribution is 6.11. The molecule has 2 heterocycles. The largest absolute Gasteiger partial charge is 0.465 e. The zero-order valence-corrected chi connectivity index (χ0v) is 21.2. The normalized spacial score (nSPS) is 11.0. The second kappa shape index (κ2) is 10.6. The summed E-state index contributed by atoms with van der Waals surface area (Å²) in [6.07, 6.45) is 0. The van der Waals surface area contributed by atoms with Gasteiger partial charge < -0.3 is 10.1 Å². The van der Waals surface area contributed by atoms with E-state index < -0.39 is 0 Å². The zero-order valence-electron chi connectivity index (χ0n) is 21.2.